The predicted octanol–water partition coefficient (Wildman–Crippen LogP) is 5.34. The lowest BCUT2D eigenvalue weighted by Gasteiger charge is -2.30. The van der Waals surface area contributed by atoms with E-state index in [9.17, 15) is 27.6 Å². The number of rotatable bonds is 12. The van der Waals surface area contributed by atoms with Crippen LogP contribution in [0.25, 0.3) is 10.9 Å². The van der Waals surface area contributed by atoms with Gasteiger partial charge in [-0.2, -0.15) is 13.2 Å². The maximum Gasteiger partial charge on any atom is 0.416 e. The maximum atomic E-state index is 13.5. The third kappa shape index (κ3) is 8.33. The van der Waals surface area contributed by atoms with Crippen molar-refractivity contribution < 1.29 is 32.3 Å². The number of amides is 2. The molecular weight excluding hydrogens is 511 g/mol. The summed E-state index contributed by atoms with van der Waals surface area (Å²) in [6.07, 6.45) is -2.23. The number of para-hydroxylation sites is 1. The van der Waals surface area contributed by atoms with Crippen LogP contribution in [0.2, 0.25) is 0 Å². The largest absolute Gasteiger partial charge is 0.466 e. The molecule has 7 nitrogen and oxygen atoms in total. The van der Waals surface area contributed by atoms with Gasteiger partial charge < -0.3 is 19.5 Å². The lowest BCUT2D eigenvalue weighted by molar-refractivity contribution is -0.147. The van der Waals surface area contributed by atoms with E-state index in [-0.39, 0.29) is 50.4 Å². The van der Waals surface area contributed by atoms with Gasteiger partial charge in [-0.3, -0.25) is 14.4 Å². The minimum Gasteiger partial charge on any atom is -0.466 e. The van der Waals surface area contributed by atoms with Crippen LogP contribution in [0.15, 0.2) is 54.7 Å². The SMILES string of the molecule is CCOC(=O)CCC(=O)N(CC(=O)N(CCc1c[nH]c2ccccc12)Cc1ccc(C(F)(F)F)cc1)C(C)C. The minimum absolute atomic E-state index is 0.0834. The summed E-state index contributed by atoms with van der Waals surface area (Å²) in [7, 11) is 0. The molecule has 0 fully saturated rings. The van der Waals surface area contributed by atoms with Gasteiger partial charge in [-0.05, 0) is 56.5 Å². The number of H-pyrrole nitrogens is 1. The summed E-state index contributed by atoms with van der Waals surface area (Å²) in [5, 5.41) is 1.03. The molecule has 1 heterocycles. The molecule has 0 aliphatic carbocycles. The second-order valence-electron chi connectivity index (χ2n) is 9.54. The van der Waals surface area contributed by atoms with Crippen LogP contribution in [-0.4, -0.2) is 58.3 Å². The first kappa shape index (κ1) is 29.7. The zero-order valence-corrected chi connectivity index (χ0v) is 22.4. The van der Waals surface area contributed by atoms with Crippen LogP contribution in [0.1, 0.15) is 50.3 Å². The molecule has 1 aromatic heterocycles. The van der Waals surface area contributed by atoms with Gasteiger partial charge in [0.1, 0.15) is 0 Å². The van der Waals surface area contributed by atoms with Gasteiger partial charge in [0.15, 0.2) is 0 Å². The van der Waals surface area contributed by atoms with E-state index >= 15 is 0 Å². The fourth-order valence-electron chi connectivity index (χ4n) is 4.30. The molecule has 0 atom stereocenters. The fourth-order valence-corrected chi connectivity index (χ4v) is 4.30. The standard InChI is InChI=1S/C29H34F3N3O4/c1-4-39-28(38)14-13-26(36)35(20(2)3)19-27(37)34(18-21-9-11-23(12-10-21)29(30,31)32)16-15-22-17-33-25-8-6-5-7-24(22)25/h5-12,17,20,33H,4,13-16,18-19H2,1-3H3. The highest BCUT2D eigenvalue weighted by atomic mass is 19.4. The summed E-state index contributed by atoms with van der Waals surface area (Å²) in [5.74, 6) is -1.17. The van der Waals surface area contributed by atoms with Crippen LogP contribution in [-0.2, 0) is 38.3 Å². The highest BCUT2D eigenvalue weighted by molar-refractivity contribution is 5.87. The molecule has 0 unspecified atom stereocenters. The molecule has 2 amide bonds. The molecule has 39 heavy (non-hydrogen) atoms. The molecule has 2 aromatic carbocycles. The van der Waals surface area contributed by atoms with Gasteiger partial charge in [0.05, 0.1) is 25.1 Å². The van der Waals surface area contributed by atoms with E-state index in [1.807, 2.05) is 30.5 Å². The Hall–Kier alpha value is -3.82. The van der Waals surface area contributed by atoms with Crippen molar-refractivity contribution in [1.29, 1.82) is 0 Å². The number of nitrogens with zero attached hydrogens (tertiary/aromatic N) is 2. The quantitative estimate of drug-likeness (QED) is 0.312. The van der Waals surface area contributed by atoms with Crippen molar-refractivity contribution in [3.05, 3.63) is 71.4 Å². The second-order valence-corrected chi connectivity index (χ2v) is 9.54. The van der Waals surface area contributed by atoms with E-state index in [1.165, 1.54) is 17.0 Å². The molecule has 0 saturated heterocycles. The lowest BCUT2D eigenvalue weighted by atomic mass is 10.1. The number of hydrogen-bond donors (Lipinski definition) is 1. The number of alkyl halides is 3. The van der Waals surface area contributed by atoms with Crippen LogP contribution in [0.5, 0.6) is 0 Å². The molecule has 210 valence electrons. The monoisotopic (exact) mass is 545 g/mol. The summed E-state index contributed by atoms with van der Waals surface area (Å²) < 4.78 is 44.0. The number of aromatic amines is 1. The van der Waals surface area contributed by atoms with Gasteiger partial charge in [0, 0.05) is 42.7 Å². The second kappa shape index (κ2) is 13.3. The van der Waals surface area contributed by atoms with E-state index in [0.717, 1.165) is 28.6 Å². The Labute approximate surface area is 225 Å². The van der Waals surface area contributed by atoms with E-state index < -0.39 is 17.7 Å². The van der Waals surface area contributed by atoms with E-state index in [0.29, 0.717) is 18.5 Å². The van der Waals surface area contributed by atoms with Crippen molar-refractivity contribution >= 4 is 28.7 Å². The smallest absolute Gasteiger partial charge is 0.416 e. The van der Waals surface area contributed by atoms with Gasteiger partial charge >= 0.3 is 12.1 Å². The molecule has 0 bridgehead atoms. The van der Waals surface area contributed by atoms with Crippen molar-refractivity contribution in [3.63, 3.8) is 0 Å². The Morgan fingerprint density at radius 3 is 2.31 bits per heavy atom. The molecular formula is C29H34F3N3O4. The van der Waals surface area contributed by atoms with Gasteiger partial charge in [-0.15, -0.1) is 0 Å². The number of halogens is 3. The molecule has 0 radical (unpaired) electrons. The van der Waals surface area contributed by atoms with Gasteiger partial charge in [-0.1, -0.05) is 30.3 Å². The third-order valence-electron chi connectivity index (χ3n) is 6.43. The van der Waals surface area contributed by atoms with E-state index in [2.05, 4.69) is 4.98 Å². The average molecular weight is 546 g/mol. The molecule has 10 heteroatoms. The first-order chi connectivity index (χ1) is 18.5. The topological polar surface area (TPSA) is 82.7 Å². The van der Waals surface area contributed by atoms with Crippen molar-refractivity contribution in [3.8, 4) is 0 Å². The lowest BCUT2D eigenvalue weighted by Crippen LogP contribution is -2.46. The van der Waals surface area contributed by atoms with Crippen LogP contribution in [0.4, 0.5) is 13.2 Å². The van der Waals surface area contributed by atoms with Crippen molar-refractivity contribution in [2.24, 2.45) is 0 Å². The number of hydrogen-bond acceptors (Lipinski definition) is 4. The Kier molecular flexibility index (Phi) is 10.1. The summed E-state index contributed by atoms with van der Waals surface area (Å²) >= 11 is 0. The Morgan fingerprint density at radius 1 is 0.974 bits per heavy atom. The van der Waals surface area contributed by atoms with Crippen LogP contribution >= 0.6 is 0 Å². The molecule has 0 saturated carbocycles. The first-order valence-electron chi connectivity index (χ1n) is 12.9. The number of benzene rings is 2. The number of carbonyl (C=O) groups is 3. The van der Waals surface area contributed by atoms with E-state index in [4.69, 9.17) is 4.74 Å². The first-order valence-corrected chi connectivity index (χ1v) is 12.9. The highest BCUT2D eigenvalue weighted by Gasteiger charge is 2.30. The molecule has 3 aromatic rings. The third-order valence-corrected chi connectivity index (χ3v) is 6.43. The Bertz CT molecular complexity index is 1270. The van der Waals surface area contributed by atoms with Crippen molar-refractivity contribution in [1.82, 2.24) is 14.8 Å². The van der Waals surface area contributed by atoms with Crippen LogP contribution < -0.4 is 0 Å². The highest BCUT2D eigenvalue weighted by Crippen LogP contribution is 2.29. The average Bonchev–Trinajstić information content (AvgIpc) is 3.31. The van der Waals surface area contributed by atoms with Crippen LogP contribution in [0, 0.1) is 0 Å². The summed E-state index contributed by atoms with van der Waals surface area (Å²) in [4.78, 5) is 44.3. The number of fused-ring (bicyclic) bond motifs is 1. The van der Waals surface area contributed by atoms with Gasteiger partial charge in [0.25, 0.3) is 0 Å². The van der Waals surface area contributed by atoms with Gasteiger partial charge in [-0.25, -0.2) is 0 Å². The molecule has 0 aliphatic heterocycles. The van der Waals surface area contributed by atoms with E-state index in [1.54, 1.807) is 25.7 Å². The Morgan fingerprint density at radius 2 is 1.67 bits per heavy atom. The zero-order chi connectivity index (χ0) is 28.6. The van der Waals surface area contributed by atoms with Crippen molar-refractivity contribution in [2.75, 3.05) is 19.7 Å². The molecule has 0 aliphatic rings. The maximum absolute atomic E-state index is 13.5. The van der Waals surface area contributed by atoms with Crippen LogP contribution in [0.3, 0.4) is 0 Å². The number of aromatic nitrogens is 1. The summed E-state index contributed by atoms with van der Waals surface area (Å²) in [5.41, 5.74) is 1.74. The van der Waals surface area contributed by atoms with Crippen molar-refractivity contribution in [2.45, 2.75) is 58.8 Å². The summed E-state index contributed by atoms with van der Waals surface area (Å²) in [6.45, 7) is 5.62. The number of nitrogens with one attached hydrogen (secondary N) is 1. The molecule has 3 rings (SSSR count). The Balaban J connectivity index is 1.77. The fraction of sp³-hybridized carbons (Fsp3) is 0.414. The zero-order valence-electron chi connectivity index (χ0n) is 22.4. The summed E-state index contributed by atoms with van der Waals surface area (Å²) in [6, 6.07) is 12.2. The minimum atomic E-state index is -4.45. The molecule has 1 N–H and O–H groups in total. The molecule has 0 spiro atoms. The normalized spacial score (nSPS) is 11.6. The predicted molar refractivity (Wildman–Crippen MR) is 142 cm³/mol. The number of esters is 1. The van der Waals surface area contributed by atoms with Gasteiger partial charge in [0.2, 0.25) is 11.8 Å². The number of ether oxygens (including phenoxy) is 1. The number of carbonyl (C=O) groups excluding carboxylic acids is 3.